The molecule has 0 spiro atoms. The van der Waals surface area contributed by atoms with Gasteiger partial charge in [-0.25, -0.2) is 9.67 Å². The van der Waals surface area contributed by atoms with E-state index in [0.29, 0.717) is 12.1 Å². The van der Waals surface area contributed by atoms with Gasteiger partial charge in [-0.2, -0.15) is 22.1 Å². The second-order valence-electron chi connectivity index (χ2n) is 8.59. The van der Waals surface area contributed by atoms with Crippen LogP contribution < -0.4 is 10.5 Å². The van der Waals surface area contributed by atoms with E-state index in [2.05, 4.69) is 27.0 Å². The van der Waals surface area contributed by atoms with E-state index in [1.807, 2.05) is 11.8 Å². The van der Waals surface area contributed by atoms with Crippen molar-refractivity contribution >= 4 is 17.6 Å². The second kappa shape index (κ2) is 9.01. The Bertz CT molecular complexity index is 1070. The van der Waals surface area contributed by atoms with Crippen molar-refractivity contribution in [3.8, 4) is 6.07 Å². The summed E-state index contributed by atoms with van der Waals surface area (Å²) < 4.78 is 1.64. The number of hydrogen-bond acceptors (Lipinski definition) is 7. The lowest BCUT2D eigenvalue weighted by Crippen LogP contribution is -2.48. The third kappa shape index (κ3) is 4.35. The topological polar surface area (TPSA) is 78.1 Å². The molecule has 7 nitrogen and oxygen atoms in total. The number of nitriles is 1. The molecule has 2 aromatic rings. The summed E-state index contributed by atoms with van der Waals surface area (Å²) in [6, 6.07) is 6.21. The largest absolute Gasteiger partial charge is 0.353 e. The lowest BCUT2D eigenvalue weighted by molar-refractivity contribution is 0.242. The highest BCUT2D eigenvalue weighted by Crippen LogP contribution is 2.27. The summed E-state index contributed by atoms with van der Waals surface area (Å²) in [7, 11) is 0. The Morgan fingerprint density at radius 2 is 1.84 bits per heavy atom. The maximum Gasteiger partial charge on any atom is 0.267 e. The van der Waals surface area contributed by atoms with Crippen molar-refractivity contribution in [3.63, 3.8) is 0 Å². The van der Waals surface area contributed by atoms with Crippen LogP contribution in [0.2, 0.25) is 0 Å². The van der Waals surface area contributed by atoms with Crippen LogP contribution in [0.3, 0.4) is 0 Å². The van der Waals surface area contributed by atoms with Crippen LogP contribution in [0.1, 0.15) is 40.9 Å². The van der Waals surface area contributed by atoms with Gasteiger partial charge in [-0.15, -0.1) is 0 Å². The summed E-state index contributed by atoms with van der Waals surface area (Å²) in [5, 5.41) is 14.3. The average Bonchev–Trinajstić information content (AvgIpc) is 2.82. The molecule has 0 atom stereocenters. The fourth-order valence-electron chi connectivity index (χ4n) is 4.78. The molecule has 3 aliphatic rings. The average molecular weight is 437 g/mol. The van der Waals surface area contributed by atoms with Crippen molar-refractivity contribution < 1.29 is 0 Å². The molecule has 0 aromatic carbocycles. The van der Waals surface area contributed by atoms with Crippen LogP contribution in [0.4, 0.5) is 5.82 Å². The first-order valence-electron chi connectivity index (χ1n) is 11.3. The van der Waals surface area contributed by atoms with E-state index in [1.165, 1.54) is 24.1 Å². The van der Waals surface area contributed by atoms with Crippen LogP contribution in [-0.4, -0.2) is 58.1 Å². The van der Waals surface area contributed by atoms with E-state index in [9.17, 15) is 10.1 Å². The molecular weight excluding hydrogens is 408 g/mol. The number of hydrogen-bond donors (Lipinski definition) is 0. The standard InChI is InChI=1S/C23H28N6OS/c24-15-18-13-17-3-1-2-4-20(17)25-23(18)28-9-6-27(7-10-28)8-11-29-22(30)14-19-16-31-12-5-21(19)26-29/h13-14H,1-12,16H2. The minimum Gasteiger partial charge on any atom is -0.353 e. The van der Waals surface area contributed by atoms with Crippen molar-refractivity contribution in [1.82, 2.24) is 19.7 Å². The number of nitrogens with zero attached hydrogens (tertiary/aromatic N) is 6. The monoisotopic (exact) mass is 436 g/mol. The zero-order valence-corrected chi connectivity index (χ0v) is 18.7. The molecule has 4 heterocycles. The van der Waals surface area contributed by atoms with E-state index in [1.54, 1.807) is 10.7 Å². The van der Waals surface area contributed by atoms with Gasteiger partial charge in [0.05, 0.1) is 17.8 Å². The van der Waals surface area contributed by atoms with Crippen LogP contribution in [0.25, 0.3) is 0 Å². The van der Waals surface area contributed by atoms with Gasteiger partial charge in [0.15, 0.2) is 0 Å². The molecule has 2 aliphatic heterocycles. The van der Waals surface area contributed by atoms with Crippen molar-refractivity contribution in [3.05, 3.63) is 50.6 Å². The van der Waals surface area contributed by atoms with Gasteiger partial charge in [0.2, 0.25) is 0 Å². The molecule has 2 aromatic heterocycles. The number of anilines is 1. The third-order valence-electron chi connectivity index (χ3n) is 6.61. The predicted octanol–water partition coefficient (Wildman–Crippen LogP) is 2.00. The number of piperazine rings is 1. The SMILES string of the molecule is N#Cc1cc2c(nc1N1CCN(CCn3nc4c(cc3=O)CSCC4)CC1)CCCC2. The van der Waals surface area contributed by atoms with Crippen LogP contribution >= 0.6 is 11.8 Å². The van der Waals surface area contributed by atoms with Gasteiger partial charge in [-0.05, 0) is 48.6 Å². The van der Waals surface area contributed by atoms with Crippen LogP contribution in [0, 0.1) is 11.3 Å². The van der Waals surface area contributed by atoms with Gasteiger partial charge in [0.1, 0.15) is 11.9 Å². The zero-order valence-electron chi connectivity index (χ0n) is 17.8. The fourth-order valence-corrected chi connectivity index (χ4v) is 5.73. The van der Waals surface area contributed by atoms with Gasteiger partial charge in [0.25, 0.3) is 5.56 Å². The van der Waals surface area contributed by atoms with E-state index >= 15 is 0 Å². The van der Waals surface area contributed by atoms with Crippen molar-refractivity contribution in [1.29, 1.82) is 5.26 Å². The lowest BCUT2D eigenvalue weighted by Gasteiger charge is -2.36. The Morgan fingerprint density at radius 1 is 1.00 bits per heavy atom. The minimum atomic E-state index is 0.0109. The second-order valence-corrected chi connectivity index (χ2v) is 9.70. The highest BCUT2D eigenvalue weighted by atomic mass is 32.2. The van der Waals surface area contributed by atoms with Crippen LogP contribution in [0.5, 0.6) is 0 Å². The maximum atomic E-state index is 12.4. The molecule has 1 fully saturated rings. The molecule has 0 saturated carbocycles. The van der Waals surface area contributed by atoms with Crippen molar-refractivity contribution in [2.45, 2.75) is 44.4 Å². The van der Waals surface area contributed by atoms with Gasteiger partial charge < -0.3 is 4.90 Å². The lowest BCUT2D eigenvalue weighted by atomic mass is 9.95. The number of thioether (sulfide) groups is 1. The minimum absolute atomic E-state index is 0.0109. The van der Waals surface area contributed by atoms with Gasteiger partial charge in [0, 0.05) is 56.7 Å². The Labute approximate surface area is 187 Å². The normalized spacial score (nSPS) is 18.9. The first-order valence-corrected chi connectivity index (χ1v) is 12.4. The molecule has 31 heavy (non-hydrogen) atoms. The molecule has 1 saturated heterocycles. The first kappa shape index (κ1) is 20.5. The first-order chi connectivity index (χ1) is 15.2. The number of aryl methyl sites for hydroxylation is 3. The summed E-state index contributed by atoms with van der Waals surface area (Å²) in [6.45, 7) is 4.95. The van der Waals surface area contributed by atoms with E-state index in [-0.39, 0.29) is 5.56 Å². The Morgan fingerprint density at radius 3 is 2.68 bits per heavy atom. The van der Waals surface area contributed by atoms with Gasteiger partial charge >= 0.3 is 0 Å². The van der Waals surface area contributed by atoms with E-state index < -0.39 is 0 Å². The summed E-state index contributed by atoms with van der Waals surface area (Å²) >= 11 is 1.87. The molecule has 0 radical (unpaired) electrons. The fraction of sp³-hybridized carbons (Fsp3) is 0.565. The van der Waals surface area contributed by atoms with Crippen molar-refractivity contribution in [2.24, 2.45) is 0 Å². The third-order valence-corrected chi connectivity index (χ3v) is 7.61. The molecule has 0 N–H and O–H groups in total. The summed E-state index contributed by atoms with van der Waals surface area (Å²) in [5.74, 6) is 2.84. The van der Waals surface area contributed by atoms with E-state index in [4.69, 9.17) is 4.98 Å². The molecule has 1 aliphatic carbocycles. The Balaban J connectivity index is 1.22. The summed E-state index contributed by atoms with van der Waals surface area (Å²) in [6.07, 6.45) is 5.40. The quantitative estimate of drug-likeness (QED) is 0.725. The summed E-state index contributed by atoms with van der Waals surface area (Å²) in [5.41, 5.74) is 5.35. The maximum absolute atomic E-state index is 12.4. The van der Waals surface area contributed by atoms with Gasteiger partial charge in [-0.1, -0.05) is 0 Å². The zero-order chi connectivity index (χ0) is 21.2. The number of aromatic nitrogens is 3. The van der Waals surface area contributed by atoms with Crippen LogP contribution in [-0.2, 0) is 31.6 Å². The molecule has 5 rings (SSSR count). The molecule has 8 heteroatoms. The summed E-state index contributed by atoms with van der Waals surface area (Å²) in [4.78, 5) is 22.0. The molecular formula is C23H28N6OS. The van der Waals surface area contributed by atoms with E-state index in [0.717, 1.165) is 80.6 Å². The highest BCUT2D eigenvalue weighted by molar-refractivity contribution is 7.98. The predicted molar refractivity (Wildman–Crippen MR) is 123 cm³/mol. The number of fused-ring (bicyclic) bond motifs is 2. The molecule has 0 bridgehead atoms. The molecule has 0 unspecified atom stereocenters. The van der Waals surface area contributed by atoms with Crippen molar-refractivity contribution in [2.75, 3.05) is 43.4 Å². The highest BCUT2D eigenvalue weighted by Gasteiger charge is 2.23. The number of pyridine rings is 1. The molecule has 162 valence electrons. The Hall–Kier alpha value is -2.37. The molecule has 0 amide bonds. The van der Waals surface area contributed by atoms with Gasteiger partial charge in [-0.3, -0.25) is 9.69 Å². The van der Waals surface area contributed by atoms with Crippen LogP contribution in [0.15, 0.2) is 16.9 Å². The number of rotatable bonds is 4. The smallest absolute Gasteiger partial charge is 0.267 e. The Kier molecular flexibility index (Phi) is 5.97.